The molecule has 16 heavy (non-hydrogen) atoms. The van der Waals surface area contributed by atoms with Gasteiger partial charge in [-0.1, -0.05) is 0 Å². The number of hydrogen-bond donors (Lipinski definition) is 1. The van der Waals surface area contributed by atoms with Crippen LogP contribution in [0.1, 0.15) is 5.56 Å². The number of pyridine rings is 1. The number of fused-ring (bicyclic) bond motifs is 1. The van der Waals surface area contributed by atoms with Gasteiger partial charge in [0.15, 0.2) is 0 Å². The van der Waals surface area contributed by atoms with Gasteiger partial charge in [0.25, 0.3) is 0 Å². The zero-order chi connectivity index (χ0) is 11.1. The number of aromatic nitrogens is 5. The van der Waals surface area contributed by atoms with Crippen LogP contribution in [0.5, 0.6) is 0 Å². The van der Waals surface area contributed by atoms with Gasteiger partial charge in [-0.05, 0) is 18.6 Å². The lowest BCUT2D eigenvalue weighted by molar-refractivity contribution is 0.797. The van der Waals surface area contributed by atoms with Crippen molar-refractivity contribution in [3.8, 4) is 11.3 Å². The van der Waals surface area contributed by atoms with Gasteiger partial charge in [0.05, 0.1) is 23.6 Å². The largest absolute Gasteiger partial charge is 0.278 e. The molecule has 5 nitrogen and oxygen atoms in total. The summed E-state index contributed by atoms with van der Waals surface area (Å²) >= 11 is 0. The molecule has 0 aliphatic rings. The number of H-pyrrole nitrogens is 1. The summed E-state index contributed by atoms with van der Waals surface area (Å²) in [6, 6.07) is 2.07. The predicted molar refractivity (Wildman–Crippen MR) is 60.8 cm³/mol. The number of nitrogens with zero attached hydrogens (tertiary/aromatic N) is 4. The Kier molecular flexibility index (Phi) is 1.80. The summed E-state index contributed by atoms with van der Waals surface area (Å²) in [5, 5.41) is 11.2. The van der Waals surface area contributed by atoms with E-state index in [-0.39, 0.29) is 0 Å². The zero-order valence-electron chi connectivity index (χ0n) is 9.10. The molecule has 3 aromatic rings. The minimum Gasteiger partial charge on any atom is -0.278 e. The molecule has 3 rings (SSSR count). The highest BCUT2D eigenvalue weighted by molar-refractivity contribution is 5.79. The molecule has 0 aliphatic heterocycles. The molecule has 0 unspecified atom stereocenters. The molecular weight excluding hydrogens is 202 g/mol. The Hall–Kier alpha value is -2.17. The van der Waals surface area contributed by atoms with Gasteiger partial charge in [-0.25, -0.2) is 0 Å². The third-order valence-corrected chi connectivity index (χ3v) is 2.72. The van der Waals surface area contributed by atoms with Gasteiger partial charge in [-0.15, -0.1) is 0 Å². The summed E-state index contributed by atoms with van der Waals surface area (Å²) in [5.41, 5.74) is 5.08. The molecule has 0 atom stereocenters. The number of aromatic amines is 1. The van der Waals surface area contributed by atoms with E-state index in [0.29, 0.717) is 0 Å². The Morgan fingerprint density at radius 3 is 2.88 bits per heavy atom. The molecule has 80 valence electrons. The van der Waals surface area contributed by atoms with Gasteiger partial charge in [-0.2, -0.15) is 10.2 Å². The van der Waals surface area contributed by atoms with E-state index in [4.69, 9.17) is 0 Å². The van der Waals surface area contributed by atoms with Crippen LogP contribution >= 0.6 is 0 Å². The minimum absolute atomic E-state index is 0.906. The maximum absolute atomic E-state index is 4.37. The molecule has 0 bridgehead atoms. The van der Waals surface area contributed by atoms with Gasteiger partial charge >= 0.3 is 0 Å². The van der Waals surface area contributed by atoms with Gasteiger partial charge in [0.2, 0.25) is 0 Å². The highest BCUT2D eigenvalue weighted by atomic mass is 15.3. The van der Waals surface area contributed by atoms with Crippen molar-refractivity contribution in [2.75, 3.05) is 0 Å². The van der Waals surface area contributed by atoms with Crippen LogP contribution in [0.15, 0.2) is 24.7 Å². The smallest absolute Gasteiger partial charge is 0.108 e. The minimum atomic E-state index is 0.906. The quantitative estimate of drug-likeness (QED) is 0.668. The first-order valence-electron chi connectivity index (χ1n) is 5.04. The monoisotopic (exact) mass is 213 g/mol. The molecule has 0 amide bonds. The van der Waals surface area contributed by atoms with Crippen molar-refractivity contribution in [1.29, 1.82) is 0 Å². The molecule has 0 aliphatic carbocycles. The van der Waals surface area contributed by atoms with Crippen molar-refractivity contribution in [3.05, 3.63) is 30.2 Å². The summed E-state index contributed by atoms with van der Waals surface area (Å²) in [5.74, 6) is 0. The molecule has 5 heteroatoms. The van der Waals surface area contributed by atoms with Crippen molar-refractivity contribution in [2.24, 2.45) is 7.05 Å². The van der Waals surface area contributed by atoms with Gasteiger partial charge < -0.3 is 0 Å². The molecule has 3 heterocycles. The fourth-order valence-electron chi connectivity index (χ4n) is 1.80. The summed E-state index contributed by atoms with van der Waals surface area (Å²) in [6.07, 6.45) is 5.41. The zero-order valence-corrected chi connectivity index (χ0v) is 9.10. The number of hydrogen-bond acceptors (Lipinski definition) is 3. The lowest BCUT2D eigenvalue weighted by Gasteiger charge is -2.00. The maximum Gasteiger partial charge on any atom is 0.108 e. The van der Waals surface area contributed by atoms with E-state index in [2.05, 4.69) is 26.3 Å². The molecule has 0 spiro atoms. The van der Waals surface area contributed by atoms with Crippen molar-refractivity contribution in [1.82, 2.24) is 25.0 Å². The molecule has 0 saturated heterocycles. The Morgan fingerprint density at radius 2 is 2.12 bits per heavy atom. The first-order valence-corrected chi connectivity index (χ1v) is 5.04. The van der Waals surface area contributed by atoms with E-state index in [0.717, 1.165) is 27.9 Å². The summed E-state index contributed by atoms with van der Waals surface area (Å²) in [4.78, 5) is 4.37. The first-order chi connectivity index (χ1) is 7.75. The molecule has 0 aromatic carbocycles. The topological polar surface area (TPSA) is 59.4 Å². The van der Waals surface area contributed by atoms with Crippen molar-refractivity contribution in [2.45, 2.75) is 6.92 Å². The van der Waals surface area contributed by atoms with E-state index in [1.54, 1.807) is 6.20 Å². The second kappa shape index (κ2) is 3.16. The number of nitrogens with one attached hydrogen (secondary N) is 1. The molecular formula is C11H11N5. The molecule has 3 aromatic heterocycles. The SMILES string of the molecule is Cc1cn[nH]c1-c1cnc2cnn(C)c2c1. The average Bonchev–Trinajstić information content (AvgIpc) is 2.86. The van der Waals surface area contributed by atoms with Crippen molar-refractivity contribution in [3.63, 3.8) is 0 Å². The van der Waals surface area contributed by atoms with E-state index < -0.39 is 0 Å². The maximum atomic E-state index is 4.37. The van der Waals surface area contributed by atoms with Crippen LogP contribution in [0.4, 0.5) is 0 Å². The van der Waals surface area contributed by atoms with Gasteiger partial charge in [0, 0.05) is 18.8 Å². The van der Waals surface area contributed by atoms with Gasteiger partial charge in [-0.3, -0.25) is 14.8 Å². The molecule has 0 radical (unpaired) electrons. The Balaban J connectivity index is 2.25. The second-order valence-electron chi connectivity index (χ2n) is 3.82. The van der Waals surface area contributed by atoms with Crippen LogP contribution in [-0.4, -0.2) is 25.0 Å². The lowest BCUT2D eigenvalue weighted by Crippen LogP contribution is -1.90. The molecule has 0 saturated carbocycles. The van der Waals surface area contributed by atoms with Crippen LogP contribution in [0, 0.1) is 6.92 Å². The van der Waals surface area contributed by atoms with E-state index in [1.165, 1.54) is 0 Å². The summed E-state index contributed by atoms with van der Waals surface area (Å²) in [6.45, 7) is 2.02. The van der Waals surface area contributed by atoms with Gasteiger partial charge in [0.1, 0.15) is 5.52 Å². The number of aryl methyl sites for hydroxylation is 2. The van der Waals surface area contributed by atoms with Crippen LogP contribution in [0.2, 0.25) is 0 Å². The fraction of sp³-hybridized carbons (Fsp3) is 0.182. The summed E-state index contributed by atoms with van der Waals surface area (Å²) < 4.78 is 1.82. The Bertz CT molecular complexity index is 649. The third-order valence-electron chi connectivity index (χ3n) is 2.72. The first kappa shape index (κ1) is 9.08. The summed E-state index contributed by atoms with van der Waals surface area (Å²) in [7, 11) is 1.91. The molecule has 0 fully saturated rings. The normalized spacial score (nSPS) is 11.1. The van der Waals surface area contributed by atoms with E-state index in [1.807, 2.05) is 31.0 Å². The van der Waals surface area contributed by atoms with Crippen LogP contribution < -0.4 is 0 Å². The molecule has 1 N–H and O–H groups in total. The Labute approximate surface area is 92.1 Å². The highest BCUT2D eigenvalue weighted by Crippen LogP contribution is 2.22. The lowest BCUT2D eigenvalue weighted by atomic mass is 10.1. The van der Waals surface area contributed by atoms with Crippen LogP contribution in [-0.2, 0) is 7.05 Å². The second-order valence-corrected chi connectivity index (χ2v) is 3.82. The van der Waals surface area contributed by atoms with Crippen molar-refractivity contribution < 1.29 is 0 Å². The fourth-order valence-corrected chi connectivity index (χ4v) is 1.80. The average molecular weight is 213 g/mol. The van der Waals surface area contributed by atoms with E-state index in [9.17, 15) is 0 Å². The van der Waals surface area contributed by atoms with Crippen LogP contribution in [0.25, 0.3) is 22.3 Å². The predicted octanol–water partition coefficient (Wildman–Crippen LogP) is 1.67. The number of rotatable bonds is 1. The highest BCUT2D eigenvalue weighted by Gasteiger charge is 2.07. The Morgan fingerprint density at radius 1 is 1.25 bits per heavy atom. The standard InChI is InChI=1S/C11H11N5/c1-7-4-13-15-11(7)8-3-10-9(12-5-8)6-14-16(10)2/h3-6H,1-2H3,(H,13,15). The van der Waals surface area contributed by atoms with Crippen LogP contribution in [0.3, 0.4) is 0 Å². The van der Waals surface area contributed by atoms with Crippen molar-refractivity contribution >= 4 is 11.0 Å². The third kappa shape index (κ3) is 1.21. The van der Waals surface area contributed by atoms with E-state index >= 15 is 0 Å².